The molecule has 0 aliphatic carbocycles. The molecule has 2 aromatic heterocycles. The molecule has 0 aliphatic rings. The van der Waals surface area contributed by atoms with Crippen molar-refractivity contribution in [1.29, 1.82) is 0 Å². The van der Waals surface area contributed by atoms with Crippen molar-refractivity contribution in [2.45, 2.75) is 13.3 Å². The van der Waals surface area contributed by atoms with Crippen LogP contribution < -0.4 is 4.90 Å². The van der Waals surface area contributed by atoms with E-state index in [2.05, 4.69) is 9.97 Å². The number of carbonyl (C=O) groups excluding carboxylic acids is 1. The summed E-state index contributed by atoms with van der Waals surface area (Å²) in [6, 6.07) is 13.6. The Bertz CT molecular complexity index is 771. The zero-order chi connectivity index (χ0) is 16.1. The zero-order valence-electron chi connectivity index (χ0n) is 12.8. The zero-order valence-corrected chi connectivity index (χ0v) is 13.7. The molecule has 5 heteroatoms. The van der Waals surface area contributed by atoms with Gasteiger partial charge < -0.3 is 4.90 Å². The number of carbonyl (C=O) groups is 1. The summed E-state index contributed by atoms with van der Waals surface area (Å²) in [4.78, 5) is 23.0. The molecule has 0 aliphatic heterocycles. The molecule has 0 saturated heterocycles. The normalized spacial score (nSPS) is 10.5. The minimum Gasteiger partial charge on any atom is -0.312 e. The smallest absolute Gasteiger partial charge is 0.233 e. The summed E-state index contributed by atoms with van der Waals surface area (Å²) in [6.07, 6.45) is 3.83. The number of hydrogen-bond donors (Lipinski definition) is 0. The number of hydrogen-bond acceptors (Lipinski definition) is 4. The molecular weight excluding hydrogens is 306 g/mol. The molecule has 0 spiro atoms. The number of para-hydroxylation sites is 1. The fraction of sp³-hybridized carbons (Fsp3) is 0.167. The van der Waals surface area contributed by atoms with Crippen molar-refractivity contribution in [3.8, 4) is 10.6 Å². The lowest BCUT2D eigenvalue weighted by Crippen LogP contribution is -2.32. The Morgan fingerprint density at radius 2 is 2.00 bits per heavy atom. The van der Waals surface area contributed by atoms with Gasteiger partial charge >= 0.3 is 0 Å². The van der Waals surface area contributed by atoms with Crippen molar-refractivity contribution in [2.24, 2.45) is 0 Å². The highest BCUT2D eigenvalue weighted by Crippen LogP contribution is 2.23. The van der Waals surface area contributed by atoms with Crippen LogP contribution in [0, 0.1) is 0 Å². The van der Waals surface area contributed by atoms with Gasteiger partial charge in [0.1, 0.15) is 5.01 Å². The number of benzene rings is 1. The Hall–Kier alpha value is -2.53. The molecule has 3 rings (SSSR count). The first-order chi connectivity index (χ1) is 11.3. The first-order valence-electron chi connectivity index (χ1n) is 7.48. The van der Waals surface area contributed by atoms with Crippen molar-refractivity contribution in [1.82, 2.24) is 9.97 Å². The molecule has 23 heavy (non-hydrogen) atoms. The van der Waals surface area contributed by atoms with Gasteiger partial charge in [0.25, 0.3) is 0 Å². The lowest BCUT2D eigenvalue weighted by molar-refractivity contribution is -0.118. The van der Waals surface area contributed by atoms with Gasteiger partial charge in [0.15, 0.2) is 0 Å². The second-order valence-corrected chi connectivity index (χ2v) is 5.89. The van der Waals surface area contributed by atoms with Gasteiger partial charge in [0.05, 0.1) is 12.1 Å². The molecule has 0 saturated carbocycles. The van der Waals surface area contributed by atoms with Gasteiger partial charge in [0, 0.05) is 35.6 Å². The van der Waals surface area contributed by atoms with Crippen LogP contribution in [-0.2, 0) is 11.2 Å². The Morgan fingerprint density at radius 1 is 1.17 bits per heavy atom. The molecule has 2 heterocycles. The highest BCUT2D eigenvalue weighted by Gasteiger charge is 2.16. The lowest BCUT2D eigenvalue weighted by atomic mass is 10.2. The van der Waals surface area contributed by atoms with E-state index in [1.54, 1.807) is 17.3 Å². The number of amides is 1. The van der Waals surface area contributed by atoms with E-state index in [1.165, 1.54) is 11.3 Å². The van der Waals surface area contributed by atoms with Gasteiger partial charge in [-0.25, -0.2) is 4.98 Å². The van der Waals surface area contributed by atoms with Crippen LogP contribution in [-0.4, -0.2) is 22.4 Å². The summed E-state index contributed by atoms with van der Waals surface area (Å²) in [5.41, 5.74) is 2.70. The SMILES string of the molecule is CCN(C(=O)Cc1csc(-c2cccnc2)n1)c1ccccc1. The van der Waals surface area contributed by atoms with Gasteiger partial charge in [0.2, 0.25) is 5.91 Å². The van der Waals surface area contributed by atoms with E-state index in [0.29, 0.717) is 13.0 Å². The van der Waals surface area contributed by atoms with Crippen LogP contribution in [0.15, 0.2) is 60.2 Å². The summed E-state index contributed by atoms with van der Waals surface area (Å²) >= 11 is 1.54. The van der Waals surface area contributed by atoms with Crippen LogP contribution in [0.2, 0.25) is 0 Å². The van der Waals surface area contributed by atoms with Crippen LogP contribution in [0.25, 0.3) is 10.6 Å². The fourth-order valence-electron chi connectivity index (χ4n) is 2.37. The van der Waals surface area contributed by atoms with E-state index >= 15 is 0 Å². The van der Waals surface area contributed by atoms with Crippen LogP contribution >= 0.6 is 11.3 Å². The fourth-order valence-corrected chi connectivity index (χ4v) is 3.18. The summed E-state index contributed by atoms with van der Waals surface area (Å²) in [5.74, 6) is 0.0572. The van der Waals surface area contributed by atoms with Gasteiger partial charge in [-0.1, -0.05) is 18.2 Å². The summed E-state index contributed by atoms with van der Waals surface area (Å²) < 4.78 is 0. The monoisotopic (exact) mass is 323 g/mol. The Morgan fingerprint density at radius 3 is 2.70 bits per heavy atom. The molecule has 0 fully saturated rings. The Balaban J connectivity index is 1.74. The van der Waals surface area contributed by atoms with E-state index < -0.39 is 0 Å². The van der Waals surface area contributed by atoms with Crippen LogP contribution in [0.1, 0.15) is 12.6 Å². The van der Waals surface area contributed by atoms with Crippen molar-refractivity contribution in [2.75, 3.05) is 11.4 Å². The predicted octanol–water partition coefficient (Wildman–Crippen LogP) is 3.80. The van der Waals surface area contributed by atoms with Crippen LogP contribution in [0.4, 0.5) is 5.69 Å². The lowest BCUT2D eigenvalue weighted by Gasteiger charge is -2.20. The summed E-state index contributed by atoms with van der Waals surface area (Å²) in [5, 5.41) is 2.84. The Kier molecular flexibility index (Phi) is 4.78. The van der Waals surface area contributed by atoms with Crippen LogP contribution in [0.5, 0.6) is 0 Å². The molecule has 1 aromatic carbocycles. The maximum Gasteiger partial charge on any atom is 0.233 e. The number of likely N-dealkylation sites (N-methyl/N-ethyl adjacent to an activating group) is 1. The van der Waals surface area contributed by atoms with Gasteiger partial charge in [-0.05, 0) is 31.2 Å². The first-order valence-corrected chi connectivity index (χ1v) is 8.36. The molecule has 3 aromatic rings. The van der Waals surface area contributed by atoms with Crippen molar-refractivity contribution < 1.29 is 4.79 Å². The average molecular weight is 323 g/mol. The Labute approximate surface area is 139 Å². The second kappa shape index (κ2) is 7.15. The molecule has 0 bridgehead atoms. The molecule has 1 amide bonds. The van der Waals surface area contributed by atoms with Crippen LogP contribution in [0.3, 0.4) is 0 Å². The molecule has 0 radical (unpaired) electrons. The topological polar surface area (TPSA) is 46.1 Å². The maximum atomic E-state index is 12.6. The molecule has 0 N–H and O–H groups in total. The van der Waals surface area contributed by atoms with Crippen molar-refractivity contribution in [3.05, 3.63) is 65.9 Å². The summed E-state index contributed by atoms with van der Waals surface area (Å²) in [6.45, 7) is 2.62. The minimum atomic E-state index is 0.0572. The van der Waals surface area contributed by atoms with E-state index in [9.17, 15) is 4.79 Å². The second-order valence-electron chi connectivity index (χ2n) is 5.04. The van der Waals surface area contributed by atoms with Crippen molar-refractivity contribution in [3.63, 3.8) is 0 Å². The van der Waals surface area contributed by atoms with E-state index in [4.69, 9.17) is 0 Å². The quantitative estimate of drug-likeness (QED) is 0.717. The number of pyridine rings is 1. The largest absolute Gasteiger partial charge is 0.312 e. The average Bonchev–Trinajstić information content (AvgIpc) is 3.06. The van der Waals surface area contributed by atoms with Gasteiger partial charge in [-0.15, -0.1) is 11.3 Å². The minimum absolute atomic E-state index is 0.0572. The standard InChI is InChI=1S/C18H17N3OS/c1-2-21(16-8-4-3-5-9-16)17(22)11-15-13-23-18(20-15)14-7-6-10-19-12-14/h3-10,12-13H,2,11H2,1H3. The number of rotatable bonds is 5. The molecule has 4 nitrogen and oxygen atoms in total. The van der Waals surface area contributed by atoms with E-state index in [0.717, 1.165) is 22.0 Å². The number of thiazole rings is 1. The van der Waals surface area contributed by atoms with E-state index in [1.807, 2.05) is 54.8 Å². The predicted molar refractivity (Wildman–Crippen MR) is 93.5 cm³/mol. The van der Waals surface area contributed by atoms with Gasteiger partial charge in [-0.3, -0.25) is 9.78 Å². The number of anilines is 1. The van der Waals surface area contributed by atoms with Crippen molar-refractivity contribution >= 4 is 22.9 Å². The highest BCUT2D eigenvalue weighted by atomic mass is 32.1. The third kappa shape index (κ3) is 3.63. The number of nitrogens with zero attached hydrogens (tertiary/aromatic N) is 3. The first kappa shape index (κ1) is 15.4. The third-order valence-electron chi connectivity index (χ3n) is 3.48. The third-order valence-corrected chi connectivity index (χ3v) is 4.42. The molecule has 0 unspecified atom stereocenters. The number of aromatic nitrogens is 2. The summed E-state index contributed by atoms with van der Waals surface area (Å²) in [7, 11) is 0. The van der Waals surface area contributed by atoms with E-state index in [-0.39, 0.29) is 5.91 Å². The molecular formula is C18H17N3OS. The molecule has 116 valence electrons. The van der Waals surface area contributed by atoms with Gasteiger partial charge in [-0.2, -0.15) is 0 Å². The molecule has 0 atom stereocenters. The maximum absolute atomic E-state index is 12.6. The highest BCUT2D eigenvalue weighted by molar-refractivity contribution is 7.13.